The van der Waals surface area contributed by atoms with Crippen molar-refractivity contribution in [1.29, 1.82) is 0 Å². The van der Waals surface area contributed by atoms with Crippen LogP contribution < -0.4 is 5.73 Å². The number of aliphatic hydroxyl groups is 1. The first kappa shape index (κ1) is 9.12. The van der Waals surface area contributed by atoms with Crippen molar-refractivity contribution in [3.8, 4) is 0 Å². The summed E-state index contributed by atoms with van der Waals surface area (Å²) in [7, 11) is 0. The molecule has 0 amide bonds. The minimum atomic E-state index is -0.464. The van der Waals surface area contributed by atoms with Gasteiger partial charge in [0.1, 0.15) is 0 Å². The third-order valence-electron chi connectivity index (χ3n) is 2.25. The highest BCUT2D eigenvalue weighted by molar-refractivity contribution is 7.09. The number of rotatable bonds is 4. The van der Waals surface area contributed by atoms with Gasteiger partial charge in [-0.25, -0.2) is 4.98 Å². The van der Waals surface area contributed by atoms with Crippen molar-refractivity contribution in [1.82, 2.24) is 4.98 Å². The first-order valence-electron chi connectivity index (χ1n) is 4.64. The molecule has 0 saturated heterocycles. The highest BCUT2D eigenvalue weighted by Gasteiger charge is 2.27. The van der Waals surface area contributed by atoms with Crippen LogP contribution in [-0.4, -0.2) is 16.6 Å². The third-order valence-corrected chi connectivity index (χ3v) is 3.27. The van der Waals surface area contributed by atoms with Gasteiger partial charge < -0.3 is 10.8 Å². The van der Waals surface area contributed by atoms with E-state index in [0.717, 1.165) is 5.69 Å². The second-order valence-corrected chi connectivity index (χ2v) is 4.37. The molecule has 3 nitrogen and oxygen atoms in total. The number of hydrogen-bond donors (Lipinski definition) is 2. The van der Waals surface area contributed by atoms with Gasteiger partial charge in [-0.15, -0.1) is 11.3 Å². The van der Waals surface area contributed by atoms with Crippen LogP contribution in [0, 0.1) is 0 Å². The summed E-state index contributed by atoms with van der Waals surface area (Å²) in [5.74, 6) is 0.684. The summed E-state index contributed by atoms with van der Waals surface area (Å²) >= 11 is 1.66. The predicted molar refractivity (Wildman–Crippen MR) is 52.7 cm³/mol. The van der Waals surface area contributed by atoms with Crippen molar-refractivity contribution in [2.45, 2.75) is 31.3 Å². The second-order valence-electron chi connectivity index (χ2n) is 3.48. The van der Waals surface area contributed by atoms with Gasteiger partial charge in [-0.1, -0.05) is 0 Å². The number of aromatic nitrogens is 1. The van der Waals surface area contributed by atoms with E-state index < -0.39 is 6.10 Å². The van der Waals surface area contributed by atoms with Crippen LogP contribution >= 0.6 is 11.3 Å². The molecule has 1 aliphatic rings. The standard InChI is InChI=1S/C9H14N2OS/c10-4-3-8(12)7-5-13-9(11-7)6-1-2-6/h5-6,8,12H,1-4,10H2. The normalized spacial score (nSPS) is 18.9. The number of thiazole rings is 1. The second kappa shape index (κ2) is 3.74. The number of nitrogens with zero attached hydrogens (tertiary/aromatic N) is 1. The minimum absolute atomic E-state index is 0.464. The summed E-state index contributed by atoms with van der Waals surface area (Å²) in [6.07, 6.45) is 2.67. The molecule has 1 aromatic rings. The quantitative estimate of drug-likeness (QED) is 0.769. The maximum absolute atomic E-state index is 9.60. The van der Waals surface area contributed by atoms with Crippen LogP contribution in [0.1, 0.15) is 42.0 Å². The highest BCUT2D eigenvalue weighted by atomic mass is 32.1. The summed E-state index contributed by atoms with van der Waals surface area (Å²) in [6, 6.07) is 0. The van der Waals surface area contributed by atoms with Gasteiger partial charge in [0.05, 0.1) is 16.8 Å². The molecular weight excluding hydrogens is 184 g/mol. The van der Waals surface area contributed by atoms with Crippen molar-refractivity contribution in [2.24, 2.45) is 5.73 Å². The van der Waals surface area contributed by atoms with Crippen LogP contribution in [0.2, 0.25) is 0 Å². The Morgan fingerprint density at radius 3 is 3.08 bits per heavy atom. The van der Waals surface area contributed by atoms with Crippen molar-refractivity contribution in [3.63, 3.8) is 0 Å². The Morgan fingerprint density at radius 2 is 2.46 bits per heavy atom. The van der Waals surface area contributed by atoms with E-state index in [1.807, 2.05) is 5.38 Å². The van der Waals surface area contributed by atoms with E-state index in [4.69, 9.17) is 5.73 Å². The summed E-state index contributed by atoms with van der Waals surface area (Å²) in [4.78, 5) is 4.40. The van der Waals surface area contributed by atoms with Gasteiger partial charge in [-0.3, -0.25) is 0 Å². The van der Waals surface area contributed by atoms with Gasteiger partial charge in [-0.05, 0) is 25.8 Å². The maximum Gasteiger partial charge on any atom is 0.0980 e. The van der Waals surface area contributed by atoms with Crippen LogP contribution in [0.25, 0.3) is 0 Å². The van der Waals surface area contributed by atoms with E-state index in [1.54, 1.807) is 11.3 Å². The third kappa shape index (κ3) is 2.07. The number of hydrogen-bond acceptors (Lipinski definition) is 4. The molecule has 0 spiro atoms. The fourth-order valence-corrected chi connectivity index (χ4v) is 2.31. The molecule has 0 bridgehead atoms. The SMILES string of the molecule is NCCC(O)c1csc(C2CC2)n1. The molecule has 1 aliphatic carbocycles. The molecule has 0 aliphatic heterocycles. The van der Waals surface area contributed by atoms with Gasteiger partial charge in [0.15, 0.2) is 0 Å². The van der Waals surface area contributed by atoms with Crippen LogP contribution in [-0.2, 0) is 0 Å². The molecule has 72 valence electrons. The summed E-state index contributed by atoms with van der Waals surface area (Å²) in [5.41, 5.74) is 6.16. The van der Waals surface area contributed by atoms with E-state index in [9.17, 15) is 5.11 Å². The molecule has 13 heavy (non-hydrogen) atoms. The first-order valence-corrected chi connectivity index (χ1v) is 5.52. The van der Waals surface area contributed by atoms with Gasteiger partial charge >= 0.3 is 0 Å². The average Bonchev–Trinajstić information content (AvgIpc) is 2.84. The van der Waals surface area contributed by atoms with Gasteiger partial charge in [0.25, 0.3) is 0 Å². The number of nitrogens with two attached hydrogens (primary N) is 1. The zero-order valence-corrected chi connectivity index (χ0v) is 8.26. The molecular formula is C9H14N2OS. The molecule has 2 rings (SSSR count). The minimum Gasteiger partial charge on any atom is -0.387 e. The van der Waals surface area contributed by atoms with E-state index in [2.05, 4.69) is 4.98 Å². The molecule has 1 atom stereocenters. The van der Waals surface area contributed by atoms with Gasteiger partial charge in [0.2, 0.25) is 0 Å². The molecule has 1 fully saturated rings. The summed E-state index contributed by atoms with van der Waals surface area (Å²) in [5, 5.41) is 12.7. The number of aliphatic hydroxyl groups excluding tert-OH is 1. The van der Waals surface area contributed by atoms with Gasteiger partial charge in [-0.2, -0.15) is 0 Å². The van der Waals surface area contributed by atoms with Crippen molar-refractivity contribution in [3.05, 3.63) is 16.1 Å². The topological polar surface area (TPSA) is 59.1 Å². The van der Waals surface area contributed by atoms with Crippen molar-refractivity contribution in [2.75, 3.05) is 6.54 Å². The van der Waals surface area contributed by atoms with Crippen LogP contribution in [0.15, 0.2) is 5.38 Å². The Morgan fingerprint density at radius 1 is 1.69 bits per heavy atom. The molecule has 1 saturated carbocycles. The zero-order chi connectivity index (χ0) is 9.26. The van der Waals surface area contributed by atoms with Crippen molar-refractivity contribution < 1.29 is 5.11 Å². The Balaban J connectivity index is 2.03. The van der Waals surface area contributed by atoms with Crippen molar-refractivity contribution >= 4 is 11.3 Å². The largest absolute Gasteiger partial charge is 0.387 e. The maximum atomic E-state index is 9.60. The van der Waals surface area contributed by atoms with E-state index in [1.165, 1.54) is 17.8 Å². The van der Waals surface area contributed by atoms with Crippen LogP contribution in [0.5, 0.6) is 0 Å². The Bertz CT molecular complexity index is 283. The molecule has 3 N–H and O–H groups in total. The predicted octanol–water partition coefficient (Wildman–Crippen LogP) is 1.40. The Labute approximate surface area is 81.6 Å². The molecule has 4 heteroatoms. The fourth-order valence-electron chi connectivity index (χ4n) is 1.28. The molecule has 0 aromatic carbocycles. The molecule has 1 aromatic heterocycles. The van der Waals surface area contributed by atoms with Crippen LogP contribution in [0.3, 0.4) is 0 Å². The monoisotopic (exact) mass is 198 g/mol. The lowest BCUT2D eigenvalue weighted by molar-refractivity contribution is 0.166. The first-order chi connectivity index (χ1) is 6.31. The highest BCUT2D eigenvalue weighted by Crippen LogP contribution is 2.41. The Kier molecular flexibility index (Phi) is 2.62. The Hall–Kier alpha value is -0.450. The average molecular weight is 198 g/mol. The van der Waals surface area contributed by atoms with E-state index in [-0.39, 0.29) is 0 Å². The molecule has 1 heterocycles. The lowest BCUT2D eigenvalue weighted by Gasteiger charge is -2.03. The van der Waals surface area contributed by atoms with E-state index >= 15 is 0 Å². The van der Waals surface area contributed by atoms with E-state index in [0.29, 0.717) is 18.9 Å². The summed E-state index contributed by atoms with van der Waals surface area (Å²) < 4.78 is 0. The lowest BCUT2D eigenvalue weighted by Crippen LogP contribution is -2.06. The smallest absolute Gasteiger partial charge is 0.0980 e. The summed E-state index contributed by atoms with van der Waals surface area (Å²) in [6.45, 7) is 0.511. The molecule has 0 radical (unpaired) electrons. The fraction of sp³-hybridized carbons (Fsp3) is 0.667. The molecule has 1 unspecified atom stereocenters. The van der Waals surface area contributed by atoms with Gasteiger partial charge in [0, 0.05) is 11.3 Å². The lowest BCUT2D eigenvalue weighted by atomic mass is 10.2. The van der Waals surface area contributed by atoms with Crippen LogP contribution in [0.4, 0.5) is 0 Å². The zero-order valence-electron chi connectivity index (χ0n) is 7.44.